The molecule has 1 fully saturated rings. The van der Waals surface area contributed by atoms with Gasteiger partial charge < -0.3 is 15.4 Å². The molecule has 1 aliphatic heterocycles. The van der Waals surface area contributed by atoms with Gasteiger partial charge in [0.05, 0.1) is 12.6 Å². The van der Waals surface area contributed by atoms with E-state index in [-0.39, 0.29) is 12.1 Å². The Morgan fingerprint density at radius 3 is 3.11 bits per heavy atom. The Morgan fingerprint density at radius 2 is 2.67 bits per heavy atom. The molecule has 1 atom stereocenters. The van der Waals surface area contributed by atoms with Crippen molar-refractivity contribution < 1.29 is 9.53 Å². The van der Waals surface area contributed by atoms with Gasteiger partial charge in [0.1, 0.15) is 0 Å². The van der Waals surface area contributed by atoms with Gasteiger partial charge in [-0.25, -0.2) is 4.79 Å². The Kier molecular flexibility index (Phi) is 1.89. The second-order valence-corrected chi connectivity index (χ2v) is 2.01. The molecule has 0 spiro atoms. The lowest BCUT2D eigenvalue weighted by Gasteiger charge is -2.04. The summed E-state index contributed by atoms with van der Waals surface area (Å²) < 4.78 is 4.82. The molecule has 4 nitrogen and oxygen atoms in total. The molecule has 0 aliphatic carbocycles. The Morgan fingerprint density at radius 1 is 1.89 bits per heavy atom. The molecule has 0 bridgehead atoms. The minimum absolute atomic E-state index is 0.1000. The summed E-state index contributed by atoms with van der Waals surface area (Å²) in [5, 5.41) is 5.30. The van der Waals surface area contributed by atoms with Gasteiger partial charge in [0, 0.05) is 13.7 Å². The Balaban J connectivity index is 2.22. The lowest BCUT2D eigenvalue weighted by Crippen LogP contribution is -2.30. The molecule has 0 saturated carbocycles. The van der Waals surface area contributed by atoms with Crippen LogP contribution in [0.2, 0.25) is 0 Å². The molecule has 1 rings (SSSR count). The summed E-state index contributed by atoms with van der Waals surface area (Å²) in [6, 6.07) is 0.0551. The summed E-state index contributed by atoms with van der Waals surface area (Å²) >= 11 is 0. The van der Waals surface area contributed by atoms with E-state index in [1.165, 1.54) is 0 Å². The van der Waals surface area contributed by atoms with Gasteiger partial charge in [-0.1, -0.05) is 0 Å². The van der Waals surface area contributed by atoms with Crippen molar-refractivity contribution in [2.24, 2.45) is 0 Å². The maximum absolute atomic E-state index is 10.5. The van der Waals surface area contributed by atoms with Crippen molar-refractivity contribution in [1.82, 2.24) is 10.6 Å². The van der Waals surface area contributed by atoms with Crippen LogP contribution in [-0.4, -0.2) is 32.3 Å². The van der Waals surface area contributed by atoms with Gasteiger partial charge in [0.25, 0.3) is 0 Å². The smallest absolute Gasteiger partial charge is 0.315 e. The van der Waals surface area contributed by atoms with Crippen LogP contribution in [0.15, 0.2) is 0 Å². The maximum Gasteiger partial charge on any atom is 0.315 e. The second-order valence-electron chi connectivity index (χ2n) is 2.01. The molecule has 0 unspecified atom stereocenters. The van der Waals surface area contributed by atoms with Crippen molar-refractivity contribution in [3.05, 3.63) is 0 Å². The highest BCUT2D eigenvalue weighted by Gasteiger charge is 2.18. The van der Waals surface area contributed by atoms with E-state index in [2.05, 4.69) is 10.6 Å². The number of rotatable bonds is 2. The summed E-state index contributed by atoms with van der Waals surface area (Å²) in [6.07, 6.45) is 0. The first kappa shape index (κ1) is 6.35. The topological polar surface area (TPSA) is 50.4 Å². The van der Waals surface area contributed by atoms with Gasteiger partial charge in [-0.15, -0.1) is 0 Å². The standard InChI is InChI=1S/C5H10N2O2/c1-9-3-4-2-6-5(8)7-4/h4H,2-3H2,1H3,(H2,6,7,8)/t4-/m1/s1. The first-order valence-electron chi connectivity index (χ1n) is 2.86. The van der Waals surface area contributed by atoms with Crippen molar-refractivity contribution in [3.8, 4) is 0 Å². The Labute approximate surface area is 53.6 Å². The van der Waals surface area contributed by atoms with Gasteiger partial charge in [-0.05, 0) is 0 Å². The summed E-state index contributed by atoms with van der Waals surface area (Å²) in [7, 11) is 1.62. The number of carbonyl (C=O) groups excluding carboxylic acids is 1. The van der Waals surface area contributed by atoms with Gasteiger partial charge in [-0.2, -0.15) is 0 Å². The van der Waals surface area contributed by atoms with Crippen molar-refractivity contribution in [3.63, 3.8) is 0 Å². The zero-order chi connectivity index (χ0) is 6.69. The number of ether oxygens (including phenoxy) is 1. The number of methoxy groups -OCH3 is 1. The van der Waals surface area contributed by atoms with Crippen molar-refractivity contribution >= 4 is 6.03 Å². The predicted octanol–water partition coefficient (Wildman–Crippen LogP) is -0.686. The minimum Gasteiger partial charge on any atom is -0.382 e. The SMILES string of the molecule is COC[C@H]1CNC(=O)N1. The molecule has 1 saturated heterocycles. The number of hydrogen-bond acceptors (Lipinski definition) is 2. The lowest BCUT2D eigenvalue weighted by atomic mass is 10.3. The number of nitrogens with one attached hydrogen (secondary N) is 2. The van der Waals surface area contributed by atoms with Gasteiger partial charge in [0.15, 0.2) is 0 Å². The van der Waals surface area contributed by atoms with Crippen LogP contribution in [0.4, 0.5) is 4.79 Å². The van der Waals surface area contributed by atoms with Crippen LogP contribution in [0.3, 0.4) is 0 Å². The summed E-state index contributed by atoms with van der Waals surface area (Å²) in [4.78, 5) is 10.5. The zero-order valence-electron chi connectivity index (χ0n) is 5.31. The van der Waals surface area contributed by atoms with Crippen LogP contribution in [0.25, 0.3) is 0 Å². The van der Waals surface area contributed by atoms with Crippen LogP contribution in [0.1, 0.15) is 0 Å². The lowest BCUT2D eigenvalue weighted by molar-refractivity contribution is 0.177. The van der Waals surface area contributed by atoms with E-state index in [1.54, 1.807) is 7.11 Å². The quantitative estimate of drug-likeness (QED) is 0.520. The highest BCUT2D eigenvalue weighted by Crippen LogP contribution is 1.89. The van der Waals surface area contributed by atoms with Crippen LogP contribution in [0, 0.1) is 0 Å². The molecule has 0 aromatic heterocycles. The maximum atomic E-state index is 10.5. The third-order valence-electron chi connectivity index (χ3n) is 1.21. The van der Waals surface area contributed by atoms with E-state index in [0.29, 0.717) is 13.2 Å². The highest BCUT2D eigenvalue weighted by atomic mass is 16.5. The monoisotopic (exact) mass is 130 g/mol. The van der Waals surface area contributed by atoms with Gasteiger partial charge in [-0.3, -0.25) is 0 Å². The third-order valence-corrected chi connectivity index (χ3v) is 1.21. The summed E-state index contributed by atoms with van der Waals surface area (Å²) in [5.41, 5.74) is 0. The normalized spacial score (nSPS) is 25.4. The van der Waals surface area contributed by atoms with E-state index < -0.39 is 0 Å². The molecule has 2 N–H and O–H groups in total. The molecule has 0 radical (unpaired) electrons. The first-order valence-corrected chi connectivity index (χ1v) is 2.86. The molecule has 1 heterocycles. The predicted molar refractivity (Wildman–Crippen MR) is 32.2 cm³/mol. The number of carbonyl (C=O) groups is 1. The zero-order valence-corrected chi connectivity index (χ0v) is 5.31. The van der Waals surface area contributed by atoms with Crippen LogP contribution >= 0.6 is 0 Å². The average Bonchev–Trinajstić information content (AvgIpc) is 2.17. The van der Waals surface area contributed by atoms with E-state index >= 15 is 0 Å². The largest absolute Gasteiger partial charge is 0.382 e. The number of hydrogen-bond donors (Lipinski definition) is 2. The number of amides is 2. The molecule has 0 aromatic carbocycles. The Bertz CT molecular complexity index is 116. The van der Waals surface area contributed by atoms with Crippen LogP contribution < -0.4 is 10.6 Å². The summed E-state index contributed by atoms with van der Waals surface area (Å²) in [5.74, 6) is 0. The molecule has 0 aromatic rings. The van der Waals surface area contributed by atoms with E-state index in [4.69, 9.17) is 4.74 Å². The van der Waals surface area contributed by atoms with Crippen molar-refractivity contribution in [2.75, 3.05) is 20.3 Å². The van der Waals surface area contributed by atoms with Crippen LogP contribution in [0.5, 0.6) is 0 Å². The molecular weight excluding hydrogens is 120 g/mol. The van der Waals surface area contributed by atoms with Gasteiger partial charge in [0.2, 0.25) is 0 Å². The molecule has 9 heavy (non-hydrogen) atoms. The van der Waals surface area contributed by atoms with Crippen molar-refractivity contribution in [1.29, 1.82) is 0 Å². The van der Waals surface area contributed by atoms with E-state index in [0.717, 1.165) is 0 Å². The van der Waals surface area contributed by atoms with Crippen molar-refractivity contribution in [2.45, 2.75) is 6.04 Å². The fourth-order valence-electron chi connectivity index (χ4n) is 0.805. The number of urea groups is 1. The fourth-order valence-corrected chi connectivity index (χ4v) is 0.805. The van der Waals surface area contributed by atoms with Gasteiger partial charge >= 0.3 is 6.03 Å². The molecule has 4 heteroatoms. The Hall–Kier alpha value is -0.770. The first-order chi connectivity index (χ1) is 4.33. The van der Waals surface area contributed by atoms with E-state index in [1.807, 2.05) is 0 Å². The van der Waals surface area contributed by atoms with Crippen LogP contribution in [-0.2, 0) is 4.74 Å². The molecule has 1 aliphatic rings. The third kappa shape index (κ3) is 1.57. The highest BCUT2D eigenvalue weighted by molar-refractivity contribution is 5.76. The van der Waals surface area contributed by atoms with E-state index in [9.17, 15) is 4.79 Å². The molecule has 2 amide bonds. The molecular formula is C5H10N2O2. The second kappa shape index (κ2) is 2.68. The average molecular weight is 130 g/mol. The minimum atomic E-state index is -0.1000. The molecule has 52 valence electrons. The summed E-state index contributed by atoms with van der Waals surface area (Å²) in [6.45, 7) is 1.26. The fraction of sp³-hybridized carbons (Fsp3) is 0.800.